The van der Waals surface area contributed by atoms with Crippen molar-refractivity contribution in [3.8, 4) is 0 Å². The van der Waals surface area contributed by atoms with Crippen LogP contribution >= 0.6 is 0 Å². The first-order chi connectivity index (χ1) is 14.2. The zero-order valence-corrected chi connectivity index (χ0v) is 17.5. The number of nitrogens with zero attached hydrogens (tertiary/aromatic N) is 7. The molecule has 0 aromatic carbocycles. The van der Waals surface area contributed by atoms with Crippen molar-refractivity contribution >= 4 is 5.96 Å². The van der Waals surface area contributed by atoms with Crippen molar-refractivity contribution in [2.75, 3.05) is 33.3 Å². The molecule has 1 saturated heterocycles. The van der Waals surface area contributed by atoms with Gasteiger partial charge in [0, 0.05) is 58.3 Å². The number of guanidine groups is 1. The van der Waals surface area contributed by atoms with Gasteiger partial charge in [0.15, 0.2) is 5.96 Å². The maximum absolute atomic E-state index is 5.94. The van der Waals surface area contributed by atoms with Crippen LogP contribution in [-0.4, -0.2) is 68.7 Å². The average molecular weight is 401 g/mol. The minimum absolute atomic E-state index is 0.0300. The molecule has 0 aliphatic carbocycles. The zero-order chi connectivity index (χ0) is 20.1. The van der Waals surface area contributed by atoms with Gasteiger partial charge in [0.1, 0.15) is 17.8 Å². The lowest BCUT2D eigenvalue weighted by Gasteiger charge is -2.34. The first-order valence-electron chi connectivity index (χ1n) is 10.7. The van der Waals surface area contributed by atoms with E-state index < -0.39 is 0 Å². The molecule has 1 N–H and O–H groups in total. The number of hydrogen-bond acceptors (Lipinski definition) is 5. The number of hydrogen-bond donors (Lipinski definition) is 1. The highest BCUT2D eigenvalue weighted by Crippen LogP contribution is 2.21. The number of aliphatic imine (C=N–C) groups is 1. The van der Waals surface area contributed by atoms with Crippen LogP contribution in [0.2, 0.25) is 0 Å². The first-order valence-corrected chi connectivity index (χ1v) is 10.7. The van der Waals surface area contributed by atoms with Crippen LogP contribution in [0.25, 0.3) is 0 Å². The molecular formula is C20H32N8O. The van der Waals surface area contributed by atoms with E-state index in [9.17, 15) is 0 Å². The molecule has 2 aliphatic heterocycles. The lowest BCUT2D eigenvalue weighted by Crippen LogP contribution is -2.48. The van der Waals surface area contributed by atoms with Crippen LogP contribution in [-0.2, 0) is 31.2 Å². The highest BCUT2D eigenvalue weighted by Gasteiger charge is 2.25. The SMILES string of the molecule is CN=C(NCCCc1nnc2n1CCCCC2)N1CCOC(c2cnn(C)c2)C1. The van der Waals surface area contributed by atoms with Gasteiger partial charge in [0.2, 0.25) is 0 Å². The van der Waals surface area contributed by atoms with Crippen LogP contribution in [0.3, 0.4) is 0 Å². The van der Waals surface area contributed by atoms with E-state index >= 15 is 0 Å². The summed E-state index contributed by atoms with van der Waals surface area (Å²) >= 11 is 0. The first kappa shape index (κ1) is 19.9. The van der Waals surface area contributed by atoms with Crippen molar-refractivity contribution in [1.82, 2.24) is 34.8 Å². The van der Waals surface area contributed by atoms with E-state index in [2.05, 4.69) is 35.1 Å². The molecule has 2 aromatic rings. The molecule has 0 radical (unpaired) electrons. The fourth-order valence-corrected chi connectivity index (χ4v) is 4.16. The largest absolute Gasteiger partial charge is 0.370 e. The lowest BCUT2D eigenvalue weighted by molar-refractivity contribution is -0.00801. The van der Waals surface area contributed by atoms with E-state index in [-0.39, 0.29) is 6.10 Å². The van der Waals surface area contributed by atoms with E-state index in [1.165, 1.54) is 19.3 Å². The van der Waals surface area contributed by atoms with E-state index in [0.29, 0.717) is 6.61 Å². The molecule has 2 aliphatic rings. The van der Waals surface area contributed by atoms with Crippen LogP contribution in [0.1, 0.15) is 49.0 Å². The fraction of sp³-hybridized carbons (Fsp3) is 0.700. The van der Waals surface area contributed by atoms with Gasteiger partial charge in [-0.05, 0) is 19.3 Å². The fourth-order valence-electron chi connectivity index (χ4n) is 4.16. The summed E-state index contributed by atoms with van der Waals surface area (Å²) in [6.07, 6.45) is 10.7. The van der Waals surface area contributed by atoms with Gasteiger partial charge >= 0.3 is 0 Å². The molecule has 0 amide bonds. The summed E-state index contributed by atoms with van der Waals surface area (Å²) < 4.78 is 10.1. The van der Waals surface area contributed by atoms with E-state index in [0.717, 1.165) is 68.6 Å². The smallest absolute Gasteiger partial charge is 0.193 e. The molecule has 0 saturated carbocycles. The third-order valence-corrected chi connectivity index (χ3v) is 5.72. The summed E-state index contributed by atoms with van der Waals surface area (Å²) in [4.78, 5) is 6.75. The van der Waals surface area contributed by atoms with Gasteiger partial charge in [-0.25, -0.2) is 0 Å². The molecule has 1 fully saturated rings. The molecule has 29 heavy (non-hydrogen) atoms. The maximum atomic E-state index is 5.94. The van der Waals surface area contributed by atoms with Crippen molar-refractivity contribution in [2.45, 2.75) is 51.2 Å². The summed E-state index contributed by atoms with van der Waals surface area (Å²) in [6.45, 7) is 4.24. The van der Waals surface area contributed by atoms with Crippen LogP contribution in [0.15, 0.2) is 17.4 Å². The van der Waals surface area contributed by atoms with Gasteiger partial charge < -0.3 is 19.5 Å². The Morgan fingerprint density at radius 2 is 2.21 bits per heavy atom. The highest BCUT2D eigenvalue weighted by atomic mass is 16.5. The van der Waals surface area contributed by atoms with Gasteiger partial charge in [-0.3, -0.25) is 9.67 Å². The number of aromatic nitrogens is 5. The summed E-state index contributed by atoms with van der Waals surface area (Å²) in [6, 6.07) is 0. The standard InChI is InChI=1S/C20H32N8O/c1-21-20(27-11-12-29-17(15-27)16-13-23-26(2)14-16)22-9-6-8-19-25-24-18-7-4-3-5-10-28(18)19/h13-14,17H,3-12,15H2,1-2H3,(H,21,22). The Labute approximate surface area is 172 Å². The third-order valence-electron chi connectivity index (χ3n) is 5.72. The Morgan fingerprint density at radius 3 is 3.03 bits per heavy atom. The molecule has 1 unspecified atom stereocenters. The van der Waals surface area contributed by atoms with Crippen molar-refractivity contribution in [3.05, 3.63) is 29.6 Å². The summed E-state index contributed by atoms with van der Waals surface area (Å²) in [7, 11) is 3.77. The minimum atomic E-state index is 0.0300. The second-order valence-corrected chi connectivity index (χ2v) is 7.83. The Bertz CT molecular complexity index is 826. The molecule has 4 rings (SSSR count). The van der Waals surface area contributed by atoms with Crippen LogP contribution in [0, 0.1) is 0 Å². The van der Waals surface area contributed by atoms with Gasteiger partial charge in [0.05, 0.1) is 19.3 Å². The van der Waals surface area contributed by atoms with Crippen LogP contribution in [0.5, 0.6) is 0 Å². The van der Waals surface area contributed by atoms with Crippen LogP contribution < -0.4 is 5.32 Å². The van der Waals surface area contributed by atoms with E-state index in [1.807, 2.05) is 31.2 Å². The topological polar surface area (TPSA) is 85.4 Å². The van der Waals surface area contributed by atoms with Crippen molar-refractivity contribution in [1.29, 1.82) is 0 Å². The van der Waals surface area contributed by atoms with Gasteiger partial charge in [-0.2, -0.15) is 5.10 Å². The molecule has 158 valence electrons. The van der Waals surface area contributed by atoms with Crippen molar-refractivity contribution in [2.24, 2.45) is 12.0 Å². The number of rotatable bonds is 5. The molecule has 1 atom stereocenters. The number of fused-ring (bicyclic) bond motifs is 1. The maximum Gasteiger partial charge on any atom is 0.193 e. The number of aryl methyl sites for hydroxylation is 3. The normalized spacial score (nSPS) is 20.4. The Morgan fingerprint density at radius 1 is 1.28 bits per heavy atom. The van der Waals surface area contributed by atoms with Gasteiger partial charge in [-0.1, -0.05) is 6.42 Å². The monoisotopic (exact) mass is 400 g/mol. The molecule has 0 bridgehead atoms. The average Bonchev–Trinajstić information content (AvgIpc) is 3.27. The molecule has 9 heteroatoms. The molecular weight excluding hydrogens is 368 g/mol. The number of nitrogens with one attached hydrogen (secondary N) is 1. The molecule has 0 spiro atoms. The second kappa shape index (κ2) is 9.39. The highest BCUT2D eigenvalue weighted by molar-refractivity contribution is 5.80. The quantitative estimate of drug-likeness (QED) is 0.463. The Balaban J connectivity index is 1.27. The Kier molecular flexibility index (Phi) is 6.43. The number of ether oxygens (including phenoxy) is 1. The van der Waals surface area contributed by atoms with Gasteiger partial charge in [0.25, 0.3) is 0 Å². The minimum Gasteiger partial charge on any atom is -0.370 e. The molecule has 4 heterocycles. The summed E-state index contributed by atoms with van der Waals surface area (Å²) in [5.41, 5.74) is 1.11. The van der Waals surface area contributed by atoms with Crippen molar-refractivity contribution in [3.63, 3.8) is 0 Å². The van der Waals surface area contributed by atoms with E-state index in [1.54, 1.807) is 0 Å². The van der Waals surface area contributed by atoms with Crippen LogP contribution in [0.4, 0.5) is 0 Å². The lowest BCUT2D eigenvalue weighted by atomic mass is 10.1. The summed E-state index contributed by atoms with van der Waals surface area (Å²) in [5.74, 6) is 3.22. The molecule has 9 nitrogen and oxygen atoms in total. The van der Waals surface area contributed by atoms with E-state index in [4.69, 9.17) is 4.74 Å². The summed E-state index contributed by atoms with van der Waals surface area (Å²) in [5, 5.41) is 16.6. The van der Waals surface area contributed by atoms with Gasteiger partial charge in [-0.15, -0.1) is 10.2 Å². The second-order valence-electron chi connectivity index (χ2n) is 7.83. The predicted octanol–water partition coefficient (Wildman–Crippen LogP) is 1.32. The van der Waals surface area contributed by atoms with Crippen molar-refractivity contribution < 1.29 is 4.74 Å². The Hall–Kier alpha value is -2.42. The third kappa shape index (κ3) is 4.77. The zero-order valence-electron chi connectivity index (χ0n) is 17.5. The number of morpholine rings is 1. The molecule has 2 aromatic heterocycles. The predicted molar refractivity (Wildman–Crippen MR) is 111 cm³/mol.